The average Bonchev–Trinajstić information content (AvgIpc) is 3.48. The molecule has 2 heterocycles. The maximum absolute atomic E-state index is 12.4. The fraction of sp³-hybridized carbons (Fsp3) is 0.174. The Morgan fingerprint density at radius 1 is 1.06 bits per heavy atom. The van der Waals surface area contributed by atoms with Crippen molar-refractivity contribution in [2.75, 3.05) is 20.8 Å². The molecule has 0 radical (unpaired) electrons. The van der Waals surface area contributed by atoms with E-state index in [2.05, 4.69) is 4.98 Å². The Bertz CT molecular complexity index is 1220. The van der Waals surface area contributed by atoms with Gasteiger partial charge in [0.05, 0.1) is 7.11 Å². The van der Waals surface area contributed by atoms with E-state index in [9.17, 15) is 9.59 Å². The third-order valence-electron chi connectivity index (χ3n) is 4.77. The predicted octanol–water partition coefficient (Wildman–Crippen LogP) is 4.85. The second-order valence-electron chi connectivity index (χ2n) is 6.92. The van der Waals surface area contributed by atoms with Gasteiger partial charge in [0.2, 0.25) is 0 Å². The number of rotatable bonds is 7. The first-order valence-corrected chi connectivity index (χ1v) is 11.3. The van der Waals surface area contributed by atoms with Crippen LogP contribution in [0.1, 0.15) is 16.1 Å². The molecule has 4 rings (SSSR count). The number of aromatic nitrogens is 1. The Morgan fingerprint density at radius 2 is 1.87 bits per heavy atom. The van der Waals surface area contributed by atoms with E-state index in [1.165, 1.54) is 16.2 Å². The molecular weight excluding hydrogens is 432 g/mol. The van der Waals surface area contributed by atoms with Crippen LogP contribution in [0, 0.1) is 0 Å². The van der Waals surface area contributed by atoms with Gasteiger partial charge in [-0.3, -0.25) is 4.79 Å². The molecule has 0 unspecified atom stereocenters. The zero-order chi connectivity index (χ0) is 21.8. The standard InChI is InChI=1S/C23H20N2O4S2/c1-25(11-15-3-4-17-10-19(28-2)6-5-16(17)9-15)21(26)12-29-23(27)20-14-31-22(24-20)18-7-8-30-13-18/h3-10,13-14H,11-12H2,1-2H3. The number of nitrogens with zero attached hydrogens (tertiary/aromatic N) is 2. The molecule has 0 spiro atoms. The molecule has 0 aliphatic heterocycles. The molecular formula is C23H20N2O4S2. The predicted molar refractivity (Wildman–Crippen MR) is 123 cm³/mol. The van der Waals surface area contributed by atoms with E-state index in [0.29, 0.717) is 6.54 Å². The van der Waals surface area contributed by atoms with Crippen molar-refractivity contribution in [2.24, 2.45) is 0 Å². The summed E-state index contributed by atoms with van der Waals surface area (Å²) in [6, 6.07) is 13.8. The lowest BCUT2D eigenvalue weighted by Gasteiger charge is -2.17. The molecule has 0 saturated carbocycles. The molecule has 0 bridgehead atoms. The smallest absolute Gasteiger partial charge is 0.358 e. The Labute approximate surface area is 187 Å². The lowest BCUT2D eigenvalue weighted by molar-refractivity contribution is -0.133. The van der Waals surface area contributed by atoms with E-state index in [1.54, 1.807) is 30.9 Å². The molecule has 2 aromatic carbocycles. The maximum atomic E-state index is 12.4. The number of hydrogen-bond donors (Lipinski definition) is 0. The van der Waals surface area contributed by atoms with E-state index in [4.69, 9.17) is 9.47 Å². The van der Waals surface area contributed by atoms with Crippen LogP contribution >= 0.6 is 22.7 Å². The van der Waals surface area contributed by atoms with E-state index in [1.807, 2.05) is 53.2 Å². The van der Waals surface area contributed by atoms with Gasteiger partial charge in [0, 0.05) is 29.9 Å². The molecule has 0 saturated heterocycles. The second-order valence-corrected chi connectivity index (χ2v) is 8.56. The zero-order valence-corrected chi connectivity index (χ0v) is 18.7. The van der Waals surface area contributed by atoms with E-state index < -0.39 is 5.97 Å². The lowest BCUT2D eigenvalue weighted by Crippen LogP contribution is -2.30. The summed E-state index contributed by atoms with van der Waals surface area (Å²) in [4.78, 5) is 30.5. The van der Waals surface area contributed by atoms with Crippen LogP contribution in [0.25, 0.3) is 21.3 Å². The topological polar surface area (TPSA) is 68.7 Å². The lowest BCUT2D eigenvalue weighted by atomic mass is 10.1. The number of thiazole rings is 1. The van der Waals surface area contributed by atoms with Crippen LogP contribution in [0.3, 0.4) is 0 Å². The number of fused-ring (bicyclic) bond motifs is 1. The number of methoxy groups -OCH3 is 1. The number of hydrogen-bond acceptors (Lipinski definition) is 7. The number of ether oxygens (including phenoxy) is 2. The molecule has 158 valence electrons. The molecule has 1 amide bonds. The van der Waals surface area contributed by atoms with Crippen molar-refractivity contribution in [3.63, 3.8) is 0 Å². The minimum Gasteiger partial charge on any atom is -0.497 e. The summed E-state index contributed by atoms with van der Waals surface area (Å²) >= 11 is 2.94. The van der Waals surface area contributed by atoms with Crippen LogP contribution < -0.4 is 4.74 Å². The first-order valence-electron chi connectivity index (χ1n) is 9.49. The minimum absolute atomic E-state index is 0.214. The average molecular weight is 453 g/mol. The Hall–Kier alpha value is -3.23. The molecule has 0 aliphatic carbocycles. The monoisotopic (exact) mass is 452 g/mol. The first kappa shape index (κ1) is 21.0. The van der Waals surface area contributed by atoms with Crippen molar-refractivity contribution >= 4 is 45.3 Å². The zero-order valence-electron chi connectivity index (χ0n) is 17.0. The third-order valence-corrected chi connectivity index (χ3v) is 6.34. The summed E-state index contributed by atoms with van der Waals surface area (Å²) in [5.41, 5.74) is 2.17. The van der Waals surface area contributed by atoms with Crippen molar-refractivity contribution in [1.82, 2.24) is 9.88 Å². The van der Waals surface area contributed by atoms with Gasteiger partial charge in [-0.25, -0.2) is 9.78 Å². The van der Waals surface area contributed by atoms with Crippen LogP contribution in [-0.2, 0) is 16.1 Å². The highest BCUT2D eigenvalue weighted by molar-refractivity contribution is 7.14. The van der Waals surface area contributed by atoms with Gasteiger partial charge in [-0.05, 0) is 46.0 Å². The van der Waals surface area contributed by atoms with Gasteiger partial charge in [-0.15, -0.1) is 11.3 Å². The van der Waals surface area contributed by atoms with E-state index in [-0.39, 0.29) is 18.2 Å². The van der Waals surface area contributed by atoms with Crippen LogP contribution in [0.5, 0.6) is 5.75 Å². The van der Waals surface area contributed by atoms with Crippen LogP contribution in [0.4, 0.5) is 0 Å². The number of amides is 1. The second kappa shape index (κ2) is 9.28. The summed E-state index contributed by atoms with van der Waals surface area (Å²) in [5.74, 6) is -0.0764. The number of carbonyl (C=O) groups excluding carboxylic acids is 2. The van der Waals surface area contributed by atoms with Crippen LogP contribution in [0.2, 0.25) is 0 Å². The van der Waals surface area contributed by atoms with Crippen molar-refractivity contribution in [3.8, 4) is 16.3 Å². The van der Waals surface area contributed by atoms with Gasteiger partial charge in [0.15, 0.2) is 12.3 Å². The normalized spacial score (nSPS) is 10.8. The van der Waals surface area contributed by atoms with Gasteiger partial charge in [-0.1, -0.05) is 18.2 Å². The summed E-state index contributed by atoms with van der Waals surface area (Å²) in [7, 11) is 3.33. The van der Waals surface area contributed by atoms with Gasteiger partial charge < -0.3 is 14.4 Å². The molecule has 0 aliphatic rings. The highest BCUT2D eigenvalue weighted by Crippen LogP contribution is 2.26. The van der Waals surface area contributed by atoms with Crippen molar-refractivity contribution in [3.05, 3.63) is 69.9 Å². The van der Waals surface area contributed by atoms with E-state index in [0.717, 1.165) is 32.7 Å². The SMILES string of the molecule is COc1ccc2cc(CN(C)C(=O)COC(=O)c3csc(-c4ccsc4)n3)ccc2c1. The summed E-state index contributed by atoms with van der Waals surface area (Å²) in [6.07, 6.45) is 0. The van der Waals surface area contributed by atoms with Crippen molar-refractivity contribution in [2.45, 2.75) is 6.54 Å². The molecule has 0 N–H and O–H groups in total. The largest absolute Gasteiger partial charge is 0.497 e. The van der Waals surface area contributed by atoms with Gasteiger partial charge in [0.1, 0.15) is 10.8 Å². The number of carbonyl (C=O) groups is 2. The minimum atomic E-state index is -0.598. The van der Waals surface area contributed by atoms with Crippen LogP contribution in [0.15, 0.2) is 58.6 Å². The first-order chi connectivity index (χ1) is 15.0. The third kappa shape index (κ3) is 4.92. The Balaban J connectivity index is 1.33. The van der Waals surface area contributed by atoms with Gasteiger partial charge in [-0.2, -0.15) is 11.3 Å². The van der Waals surface area contributed by atoms with Gasteiger partial charge in [0.25, 0.3) is 5.91 Å². The van der Waals surface area contributed by atoms with Crippen LogP contribution in [-0.4, -0.2) is 42.5 Å². The quantitative estimate of drug-likeness (QED) is 0.375. The molecule has 2 aromatic heterocycles. The number of benzene rings is 2. The molecule has 0 fully saturated rings. The van der Waals surface area contributed by atoms with E-state index >= 15 is 0 Å². The highest BCUT2D eigenvalue weighted by Gasteiger charge is 2.17. The fourth-order valence-electron chi connectivity index (χ4n) is 3.06. The fourth-order valence-corrected chi connectivity index (χ4v) is 4.56. The Kier molecular flexibility index (Phi) is 6.29. The molecule has 8 heteroatoms. The molecule has 4 aromatic rings. The summed E-state index contributed by atoms with van der Waals surface area (Å²) in [5, 5.41) is 8.45. The number of esters is 1. The van der Waals surface area contributed by atoms with Gasteiger partial charge >= 0.3 is 5.97 Å². The van der Waals surface area contributed by atoms with Crippen molar-refractivity contribution < 1.29 is 19.1 Å². The number of likely N-dealkylation sites (N-methyl/N-ethyl adjacent to an activating group) is 1. The Morgan fingerprint density at radius 3 is 2.65 bits per heavy atom. The molecule has 31 heavy (non-hydrogen) atoms. The summed E-state index contributed by atoms with van der Waals surface area (Å²) in [6.45, 7) is 0.0861. The number of thiophene rings is 1. The molecule has 6 nitrogen and oxygen atoms in total. The molecule has 0 atom stereocenters. The summed E-state index contributed by atoms with van der Waals surface area (Å²) < 4.78 is 10.4. The maximum Gasteiger partial charge on any atom is 0.358 e. The highest BCUT2D eigenvalue weighted by atomic mass is 32.1. The van der Waals surface area contributed by atoms with Crippen molar-refractivity contribution in [1.29, 1.82) is 0 Å².